The van der Waals surface area contributed by atoms with E-state index in [1.54, 1.807) is 6.07 Å². The SMILES string of the molecule is C[C@H]1CC[C@@H](Oc2ccc3cc([CH]C(=O)O)ccc3c2C(F)(F)F)CC1. The van der Waals surface area contributed by atoms with Crippen LogP contribution in [0.25, 0.3) is 10.8 Å². The third-order valence-corrected chi connectivity index (χ3v) is 4.84. The van der Waals surface area contributed by atoms with Crippen LogP contribution in [0.4, 0.5) is 13.2 Å². The molecule has 6 heteroatoms. The van der Waals surface area contributed by atoms with E-state index in [4.69, 9.17) is 9.84 Å². The summed E-state index contributed by atoms with van der Waals surface area (Å²) in [5.41, 5.74) is -0.455. The van der Waals surface area contributed by atoms with Crippen LogP contribution in [0.2, 0.25) is 0 Å². The lowest BCUT2D eigenvalue weighted by atomic mass is 9.89. The molecule has 1 aliphatic rings. The molecule has 0 atom stereocenters. The van der Waals surface area contributed by atoms with Crippen molar-refractivity contribution < 1.29 is 27.8 Å². The number of carbonyl (C=O) groups is 1. The summed E-state index contributed by atoms with van der Waals surface area (Å²) in [6.07, 6.45) is -0.396. The van der Waals surface area contributed by atoms with E-state index in [9.17, 15) is 18.0 Å². The maximum atomic E-state index is 13.7. The van der Waals surface area contributed by atoms with Crippen molar-refractivity contribution in [3.05, 3.63) is 47.9 Å². The average molecular weight is 365 g/mol. The summed E-state index contributed by atoms with van der Waals surface area (Å²) in [7, 11) is 0. The number of rotatable bonds is 4. The van der Waals surface area contributed by atoms with Gasteiger partial charge >= 0.3 is 12.1 Å². The van der Waals surface area contributed by atoms with Crippen molar-refractivity contribution in [2.24, 2.45) is 5.92 Å². The third-order valence-electron chi connectivity index (χ3n) is 4.84. The first-order valence-electron chi connectivity index (χ1n) is 8.62. The Labute approximate surface area is 149 Å². The molecule has 2 aromatic rings. The predicted molar refractivity (Wildman–Crippen MR) is 92.0 cm³/mol. The number of carboxylic acids is 1. The lowest BCUT2D eigenvalue weighted by Crippen LogP contribution is -2.24. The van der Waals surface area contributed by atoms with E-state index in [1.165, 1.54) is 24.3 Å². The van der Waals surface area contributed by atoms with E-state index in [1.807, 2.05) is 0 Å². The number of fused-ring (bicyclic) bond motifs is 1. The highest BCUT2D eigenvalue weighted by Gasteiger charge is 2.37. The summed E-state index contributed by atoms with van der Waals surface area (Å²) >= 11 is 0. The molecule has 0 spiro atoms. The number of carboxylic acid groups (broad SMARTS) is 1. The lowest BCUT2D eigenvalue weighted by molar-refractivity contribution is -0.138. The van der Waals surface area contributed by atoms with Crippen molar-refractivity contribution in [3.63, 3.8) is 0 Å². The minimum Gasteiger partial charge on any atom is -0.490 e. The molecular weight excluding hydrogens is 345 g/mol. The molecule has 0 bridgehead atoms. The maximum Gasteiger partial charge on any atom is 0.420 e. The largest absolute Gasteiger partial charge is 0.490 e. The van der Waals surface area contributed by atoms with Crippen molar-refractivity contribution >= 4 is 16.7 Å². The molecule has 1 N–H and O–H groups in total. The van der Waals surface area contributed by atoms with E-state index in [0.29, 0.717) is 16.9 Å². The number of aliphatic carboxylic acids is 1. The van der Waals surface area contributed by atoms with Gasteiger partial charge in [0.15, 0.2) is 0 Å². The van der Waals surface area contributed by atoms with E-state index < -0.39 is 17.7 Å². The van der Waals surface area contributed by atoms with Crippen LogP contribution in [0.15, 0.2) is 30.3 Å². The number of halogens is 3. The molecule has 3 nitrogen and oxygen atoms in total. The minimum absolute atomic E-state index is 0.0155. The smallest absolute Gasteiger partial charge is 0.420 e. The van der Waals surface area contributed by atoms with Crippen molar-refractivity contribution in [2.45, 2.75) is 44.9 Å². The normalized spacial score (nSPS) is 20.9. The van der Waals surface area contributed by atoms with Gasteiger partial charge < -0.3 is 9.84 Å². The molecule has 3 rings (SSSR count). The zero-order valence-corrected chi connectivity index (χ0v) is 14.3. The highest BCUT2D eigenvalue weighted by molar-refractivity contribution is 5.91. The fourth-order valence-electron chi connectivity index (χ4n) is 3.48. The second-order valence-electron chi connectivity index (χ2n) is 6.90. The van der Waals surface area contributed by atoms with Gasteiger partial charge in [-0.1, -0.05) is 31.2 Å². The molecule has 1 fully saturated rings. The Morgan fingerprint density at radius 3 is 2.46 bits per heavy atom. The van der Waals surface area contributed by atoms with Crippen LogP contribution in [0, 0.1) is 12.3 Å². The van der Waals surface area contributed by atoms with Gasteiger partial charge in [0.2, 0.25) is 0 Å². The Morgan fingerprint density at radius 1 is 1.15 bits per heavy atom. The second-order valence-corrected chi connectivity index (χ2v) is 6.90. The van der Waals surface area contributed by atoms with Gasteiger partial charge in [-0.2, -0.15) is 13.2 Å². The minimum atomic E-state index is -4.56. The Bertz CT molecular complexity index is 806. The highest BCUT2D eigenvalue weighted by atomic mass is 19.4. The molecule has 2 aromatic carbocycles. The Balaban J connectivity index is 1.99. The summed E-state index contributed by atoms with van der Waals surface area (Å²) in [5.74, 6) is -0.719. The molecule has 1 saturated carbocycles. The van der Waals surface area contributed by atoms with Crippen molar-refractivity contribution in [1.29, 1.82) is 0 Å². The first-order valence-corrected chi connectivity index (χ1v) is 8.62. The van der Waals surface area contributed by atoms with E-state index in [-0.39, 0.29) is 17.2 Å². The first kappa shape index (κ1) is 18.5. The van der Waals surface area contributed by atoms with Crippen LogP contribution >= 0.6 is 0 Å². The van der Waals surface area contributed by atoms with Gasteiger partial charge in [0, 0.05) is 0 Å². The number of benzene rings is 2. The molecular formula is C20H20F3O3. The van der Waals surface area contributed by atoms with Gasteiger partial charge in [-0.25, -0.2) is 0 Å². The molecule has 0 unspecified atom stereocenters. The predicted octanol–water partition coefficient (Wildman–Crippen LogP) is 5.45. The van der Waals surface area contributed by atoms with E-state index >= 15 is 0 Å². The van der Waals surface area contributed by atoms with Crippen molar-refractivity contribution in [3.8, 4) is 5.75 Å². The van der Waals surface area contributed by atoms with Gasteiger partial charge in [0.05, 0.1) is 12.5 Å². The van der Waals surface area contributed by atoms with Crippen LogP contribution in [0.5, 0.6) is 5.75 Å². The van der Waals surface area contributed by atoms with Crippen molar-refractivity contribution in [2.75, 3.05) is 0 Å². The van der Waals surface area contributed by atoms with Crippen LogP contribution in [-0.4, -0.2) is 17.2 Å². The van der Waals surface area contributed by atoms with Gasteiger partial charge in [-0.15, -0.1) is 0 Å². The zero-order valence-electron chi connectivity index (χ0n) is 14.3. The Morgan fingerprint density at radius 2 is 1.85 bits per heavy atom. The fourth-order valence-corrected chi connectivity index (χ4v) is 3.48. The van der Waals surface area contributed by atoms with Crippen LogP contribution in [-0.2, 0) is 11.0 Å². The lowest BCUT2D eigenvalue weighted by Gasteiger charge is -2.28. The average Bonchev–Trinajstić information content (AvgIpc) is 2.55. The molecule has 0 aliphatic heterocycles. The molecule has 26 heavy (non-hydrogen) atoms. The van der Waals surface area contributed by atoms with Crippen LogP contribution in [0.1, 0.15) is 43.7 Å². The quantitative estimate of drug-likeness (QED) is 0.783. The Kier molecular flexibility index (Phi) is 5.12. The number of alkyl halides is 3. The fraction of sp³-hybridized carbons (Fsp3) is 0.400. The topological polar surface area (TPSA) is 46.5 Å². The zero-order chi connectivity index (χ0) is 18.9. The summed E-state index contributed by atoms with van der Waals surface area (Å²) in [4.78, 5) is 10.8. The van der Waals surface area contributed by atoms with Crippen LogP contribution in [0.3, 0.4) is 0 Å². The maximum absolute atomic E-state index is 13.7. The van der Waals surface area contributed by atoms with Gasteiger partial charge in [0.25, 0.3) is 0 Å². The summed E-state index contributed by atoms with van der Waals surface area (Å²) < 4.78 is 46.9. The second kappa shape index (κ2) is 7.17. The Hall–Kier alpha value is -2.24. The monoisotopic (exact) mass is 365 g/mol. The standard InChI is InChI=1S/C20H20F3O3/c1-12-2-6-15(7-3-12)26-17-9-5-14-10-13(11-18(24)25)4-8-16(14)19(17)20(21,22)23/h4-5,8-12,15H,2-3,6-7H2,1H3,(H,24,25)/t12-,15+. The highest BCUT2D eigenvalue weighted by Crippen LogP contribution is 2.42. The first-order chi connectivity index (χ1) is 12.2. The number of hydrogen-bond acceptors (Lipinski definition) is 2. The molecule has 0 saturated heterocycles. The van der Waals surface area contributed by atoms with E-state index in [0.717, 1.165) is 32.1 Å². The summed E-state index contributed by atoms with van der Waals surface area (Å²) in [5, 5.41) is 9.16. The third kappa shape index (κ3) is 4.11. The van der Waals surface area contributed by atoms with Crippen molar-refractivity contribution in [1.82, 2.24) is 0 Å². The van der Waals surface area contributed by atoms with Gasteiger partial charge in [-0.05, 0) is 54.0 Å². The van der Waals surface area contributed by atoms with Crippen LogP contribution < -0.4 is 4.74 Å². The number of hydrogen-bond donors (Lipinski definition) is 1. The molecule has 1 aliphatic carbocycles. The van der Waals surface area contributed by atoms with Gasteiger partial charge in [0.1, 0.15) is 11.3 Å². The summed E-state index contributed by atoms with van der Waals surface area (Å²) in [6.45, 7) is 2.14. The molecule has 1 radical (unpaired) electrons. The number of ether oxygens (including phenoxy) is 1. The molecule has 0 amide bonds. The van der Waals surface area contributed by atoms with Gasteiger partial charge in [-0.3, -0.25) is 4.79 Å². The molecule has 139 valence electrons. The molecule has 0 aromatic heterocycles. The summed E-state index contributed by atoms with van der Waals surface area (Å²) in [6, 6.07) is 7.00. The van der Waals surface area contributed by atoms with E-state index in [2.05, 4.69) is 6.92 Å². The molecule has 0 heterocycles.